The molecule has 0 fully saturated rings. The lowest BCUT2D eigenvalue weighted by Gasteiger charge is -2.01. The first-order chi connectivity index (χ1) is 8.10. The minimum Gasteiger partial charge on any atom is -0.497 e. The van der Waals surface area contributed by atoms with Gasteiger partial charge in [-0.15, -0.1) is 0 Å². The highest BCUT2D eigenvalue weighted by Crippen LogP contribution is 2.17. The van der Waals surface area contributed by atoms with Crippen LogP contribution in [0.2, 0.25) is 0 Å². The first-order valence-electron chi connectivity index (χ1n) is 4.99. The Balaban J connectivity index is 2.78. The molecule has 0 radical (unpaired) electrons. The first kappa shape index (κ1) is 14.0. The Bertz CT molecular complexity index is 468. The van der Waals surface area contributed by atoms with Crippen molar-refractivity contribution < 1.29 is 13.2 Å². The second kappa shape index (κ2) is 6.64. The first-order valence-corrected chi connectivity index (χ1v) is 6.92. The quantitative estimate of drug-likeness (QED) is 0.638. The largest absolute Gasteiger partial charge is 0.497 e. The lowest BCUT2D eigenvalue weighted by atomic mass is 10.3. The van der Waals surface area contributed by atoms with Crippen molar-refractivity contribution >= 4 is 21.6 Å². The third-order valence-corrected chi connectivity index (χ3v) is 3.74. The Morgan fingerprint density at radius 1 is 1.35 bits per heavy atom. The predicted molar refractivity (Wildman–Crippen MR) is 67.8 cm³/mol. The molecule has 1 N–H and O–H groups in total. The van der Waals surface area contributed by atoms with Gasteiger partial charge in [0.15, 0.2) is 9.84 Å². The van der Waals surface area contributed by atoms with Crippen molar-refractivity contribution in [3.8, 4) is 5.75 Å². The van der Waals surface area contributed by atoms with Crippen LogP contribution in [0.3, 0.4) is 0 Å². The summed E-state index contributed by atoms with van der Waals surface area (Å²) in [6.07, 6.45) is 2.12. The van der Waals surface area contributed by atoms with E-state index in [1.165, 1.54) is 24.7 Å². The molecule has 6 heteroatoms. The average molecular weight is 276 g/mol. The minimum absolute atomic E-state index is 0.244. The number of benzene rings is 1. The highest BCUT2D eigenvalue weighted by atomic mass is 35.5. The molecule has 0 amide bonds. The average Bonchev–Trinajstić information content (AvgIpc) is 2.35. The Morgan fingerprint density at radius 2 is 2.00 bits per heavy atom. The van der Waals surface area contributed by atoms with Crippen molar-refractivity contribution in [1.29, 1.82) is 0 Å². The molecule has 4 nitrogen and oxygen atoms in total. The number of methoxy groups -OCH3 is 1. The normalized spacial score (nSPS) is 11.9. The standard InChI is InChI=1S/C11H14ClNO3S/c1-16-10-4-6-11(7-5-10)17(14,15)9-3-2-8-13-12/h3-7,9,13H,2,8H2,1H3/b9-3+. The molecular weight excluding hydrogens is 262 g/mol. The van der Waals surface area contributed by atoms with Gasteiger partial charge in [-0.3, -0.25) is 0 Å². The van der Waals surface area contributed by atoms with Gasteiger partial charge in [-0.2, -0.15) is 0 Å². The van der Waals surface area contributed by atoms with E-state index in [9.17, 15) is 8.42 Å². The molecule has 0 saturated carbocycles. The van der Waals surface area contributed by atoms with E-state index in [2.05, 4.69) is 4.84 Å². The zero-order chi connectivity index (χ0) is 12.7. The van der Waals surface area contributed by atoms with Crippen molar-refractivity contribution in [1.82, 2.24) is 4.84 Å². The van der Waals surface area contributed by atoms with Gasteiger partial charge in [-0.05, 0) is 42.5 Å². The Labute approximate surface area is 106 Å². The number of hydrogen-bond acceptors (Lipinski definition) is 4. The van der Waals surface area contributed by atoms with Gasteiger partial charge in [0.1, 0.15) is 5.75 Å². The lowest BCUT2D eigenvalue weighted by molar-refractivity contribution is 0.414. The summed E-state index contributed by atoms with van der Waals surface area (Å²) in [6, 6.07) is 6.25. The van der Waals surface area contributed by atoms with Gasteiger partial charge in [-0.1, -0.05) is 6.08 Å². The van der Waals surface area contributed by atoms with Crippen molar-refractivity contribution in [3.63, 3.8) is 0 Å². The second-order valence-electron chi connectivity index (χ2n) is 3.26. The molecule has 1 aromatic carbocycles. The molecule has 0 spiro atoms. The molecule has 1 aromatic rings. The van der Waals surface area contributed by atoms with E-state index >= 15 is 0 Å². The van der Waals surface area contributed by atoms with Crippen LogP contribution >= 0.6 is 11.8 Å². The van der Waals surface area contributed by atoms with Gasteiger partial charge in [-0.25, -0.2) is 13.3 Å². The third kappa shape index (κ3) is 4.38. The molecule has 17 heavy (non-hydrogen) atoms. The summed E-state index contributed by atoms with van der Waals surface area (Å²) in [7, 11) is -1.84. The highest BCUT2D eigenvalue weighted by molar-refractivity contribution is 7.94. The Hall–Kier alpha value is -1.04. The smallest absolute Gasteiger partial charge is 0.199 e. The maximum Gasteiger partial charge on any atom is 0.199 e. The molecule has 0 aromatic heterocycles. The molecule has 0 aliphatic carbocycles. The summed E-state index contributed by atoms with van der Waals surface area (Å²) in [5.41, 5.74) is 0. The topological polar surface area (TPSA) is 55.4 Å². The zero-order valence-corrected chi connectivity index (χ0v) is 11.0. The van der Waals surface area contributed by atoms with E-state index in [-0.39, 0.29) is 4.90 Å². The molecule has 0 aliphatic heterocycles. The number of halogens is 1. The van der Waals surface area contributed by atoms with Crippen molar-refractivity contribution in [2.45, 2.75) is 11.3 Å². The van der Waals surface area contributed by atoms with E-state index < -0.39 is 9.84 Å². The van der Waals surface area contributed by atoms with Gasteiger partial charge in [0.05, 0.1) is 12.0 Å². The predicted octanol–water partition coefficient (Wildman–Crippen LogP) is 2.12. The highest BCUT2D eigenvalue weighted by Gasteiger charge is 2.09. The van der Waals surface area contributed by atoms with Crippen LogP contribution in [0.4, 0.5) is 0 Å². The Kier molecular flexibility index (Phi) is 5.47. The number of hydrogen-bond donors (Lipinski definition) is 1. The van der Waals surface area contributed by atoms with Crippen LogP contribution in [-0.2, 0) is 9.84 Å². The van der Waals surface area contributed by atoms with Gasteiger partial charge < -0.3 is 4.74 Å². The molecule has 1 rings (SSSR count). The van der Waals surface area contributed by atoms with Crippen LogP contribution < -0.4 is 9.57 Å². The van der Waals surface area contributed by atoms with Gasteiger partial charge in [0.25, 0.3) is 0 Å². The summed E-state index contributed by atoms with van der Waals surface area (Å²) < 4.78 is 28.6. The van der Waals surface area contributed by atoms with Crippen LogP contribution in [0.25, 0.3) is 0 Å². The SMILES string of the molecule is COc1ccc(S(=O)(=O)/C=C/CCNCl)cc1. The number of sulfone groups is 1. The molecule has 94 valence electrons. The van der Waals surface area contributed by atoms with E-state index in [1.54, 1.807) is 18.2 Å². The van der Waals surface area contributed by atoms with Crippen LogP contribution in [-0.4, -0.2) is 22.1 Å². The lowest BCUT2D eigenvalue weighted by Crippen LogP contribution is -2.00. The summed E-state index contributed by atoms with van der Waals surface area (Å²) in [5.74, 6) is 0.624. The van der Waals surface area contributed by atoms with E-state index in [0.29, 0.717) is 18.7 Å². The van der Waals surface area contributed by atoms with Gasteiger partial charge >= 0.3 is 0 Å². The summed E-state index contributed by atoms with van der Waals surface area (Å²) in [6.45, 7) is 0.524. The molecule has 0 heterocycles. The molecule has 0 unspecified atom stereocenters. The third-order valence-electron chi connectivity index (χ3n) is 2.07. The van der Waals surface area contributed by atoms with Crippen molar-refractivity contribution in [3.05, 3.63) is 35.7 Å². The molecule has 0 aliphatic rings. The zero-order valence-electron chi connectivity index (χ0n) is 9.39. The van der Waals surface area contributed by atoms with Crippen molar-refractivity contribution in [2.75, 3.05) is 13.7 Å². The molecule has 0 saturated heterocycles. The fourth-order valence-electron chi connectivity index (χ4n) is 1.18. The minimum atomic E-state index is -3.37. The van der Waals surface area contributed by atoms with Gasteiger partial charge in [0.2, 0.25) is 0 Å². The number of ether oxygens (including phenoxy) is 1. The monoisotopic (exact) mass is 275 g/mol. The summed E-state index contributed by atoms with van der Waals surface area (Å²) in [5, 5.41) is 1.18. The van der Waals surface area contributed by atoms with Gasteiger partial charge in [0, 0.05) is 12.0 Å². The van der Waals surface area contributed by atoms with Crippen molar-refractivity contribution in [2.24, 2.45) is 0 Å². The molecule has 0 bridgehead atoms. The van der Waals surface area contributed by atoms with E-state index in [0.717, 1.165) is 0 Å². The number of rotatable bonds is 6. The summed E-state index contributed by atoms with van der Waals surface area (Å²) in [4.78, 5) is 2.66. The molecular formula is C11H14ClNO3S. The van der Waals surface area contributed by atoms with Crippen LogP contribution in [0.5, 0.6) is 5.75 Å². The fraction of sp³-hybridized carbons (Fsp3) is 0.273. The van der Waals surface area contributed by atoms with Crippen LogP contribution in [0.1, 0.15) is 6.42 Å². The summed E-state index contributed by atoms with van der Waals surface area (Å²) >= 11 is 5.25. The van der Waals surface area contributed by atoms with E-state index in [4.69, 9.17) is 16.5 Å². The maximum atomic E-state index is 11.8. The maximum absolute atomic E-state index is 11.8. The second-order valence-corrected chi connectivity index (χ2v) is 5.37. The molecule has 0 atom stereocenters. The number of nitrogens with one attached hydrogen (secondary N) is 1. The van der Waals surface area contributed by atoms with Crippen LogP contribution in [0.15, 0.2) is 40.6 Å². The Morgan fingerprint density at radius 3 is 2.53 bits per heavy atom. The van der Waals surface area contributed by atoms with Crippen LogP contribution in [0, 0.1) is 0 Å². The fourth-order valence-corrected chi connectivity index (χ4v) is 2.35. The van der Waals surface area contributed by atoms with E-state index in [1.807, 2.05) is 0 Å².